The van der Waals surface area contributed by atoms with Crippen molar-refractivity contribution in [3.8, 4) is 0 Å². The Bertz CT molecular complexity index is 544. The second kappa shape index (κ2) is 4.74. The summed E-state index contributed by atoms with van der Waals surface area (Å²) >= 11 is 0. The first-order valence-corrected chi connectivity index (χ1v) is 5.66. The molecule has 0 radical (unpaired) electrons. The largest absolute Gasteiger partial charge is 0.492 e. The van der Waals surface area contributed by atoms with Gasteiger partial charge in [-0.15, -0.1) is 0 Å². The molecule has 0 spiro atoms. The number of hydrogen-bond donors (Lipinski definition) is 0. The lowest BCUT2D eigenvalue weighted by Crippen LogP contribution is -2.29. The van der Waals surface area contributed by atoms with Gasteiger partial charge in [0.1, 0.15) is 0 Å². The fourth-order valence-electron chi connectivity index (χ4n) is 2.08. The zero-order valence-electron chi connectivity index (χ0n) is 10.7. The van der Waals surface area contributed by atoms with Crippen LogP contribution in [-0.4, -0.2) is 44.2 Å². The third kappa shape index (κ3) is 1.95. The molecule has 1 aliphatic carbocycles. The van der Waals surface area contributed by atoms with Crippen molar-refractivity contribution in [3.05, 3.63) is 46.7 Å². The highest BCUT2D eigenvalue weighted by molar-refractivity contribution is 6.26. The van der Waals surface area contributed by atoms with E-state index >= 15 is 0 Å². The summed E-state index contributed by atoms with van der Waals surface area (Å²) in [5.41, 5.74) is 1.30. The van der Waals surface area contributed by atoms with E-state index in [1.54, 1.807) is 24.3 Å². The Morgan fingerprint density at radius 2 is 1.61 bits per heavy atom. The van der Waals surface area contributed by atoms with Crippen LogP contribution in [0.2, 0.25) is 0 Å². The van der Waals surface area contributed by atoms with E-state index < -0.39 is 0 Å². The fourth-order valence-corrected chi connectivity index (χ4v) is 2.08. The van der Waals surface area contributed by atoms with Crippen LogP contribution >= 0.6 is 0 Å². The Hall–Kier alpha value is -1.94. The van der Waals surface area contributed by atoms with Crippen molar-refractivity contribution in [2.75, 3.05) is 27.7 Å². The van der Waals surface area contributed by atoms with Crippen molar-refractivity contribution in [3.63, 3.8) is 0 Å². The van der Waals surface area contributed by atoms with Crippen LogP contribution < -0.4 is 0 Å². The summed E-state index contributed by atoms with van der Waals surface area (Å²) in [6.45, 7) is 0.391. The average molecular weight is 245 g/mol. The summed E-state index contributed by atoms with van der Waals surface area (Å²) < 4.78 is 5.13. The molecular weight excluding hydrogens is 230 g/mol. The molecule has 0 bridgehead atoms. The second-order valence-electron chi connectivity index (χ2n) is 4.45. The third-order valence-corrected chi connectivity index (χ3v) is 2.85. The van der Waals surface area contributed by atoms with Crippen LogP contribution in [0.25, 0.3) is 0 Å². The smallest absolute Gasteiger partial charge is 0.228 e. The normalized spacial score (nSPS) is 15.1. The minimum absolute atomic E-state index is 0.129. The number of fused-ring (bicyclic) bond motifs is 1. The van der Waals surface area contributed by atoms with Gasteiger partial charge in [0.15, 0.2) is 11.5 Å². The molecule has 0 heterocycles. The number of ether oxygens (including phenoxy) is 1. The van der Waals surface area contributed by atoms with Crippen LogP contribution in [0.1, 0.15) is 20.7 Å². The summed E-state index contributed by atoms with van der Waals surface area (Å²) in [4.78, 5) is 26.4. The second-order valence-corrected chi connectivity index (χ2v) is 4.45. The molecule has 0 amide bonds. The van der Waals surface area contributed by atoms with Gasteiger partial charge < -0.3 is 9.64 Å². The Morgan fingerprint density at radius 1 is 1.06 bits per heavy atom. The van der Waals surface area contributed by atoms with Crippen molar-refractivity contribution in [1.82, 2.24) is 4.90 Å². The molecule has 1 aliphatic rings. The zero-order chi connectivity index (χ0) is 13.3. The first-order chi connectivity index (χ1) is 8.56. The van der Waals surface area contributed by atoms with E-state index in [4.69, 9.17) is 4.74 Å². The number of carbonyl (C=O) groups is 2. The Balaban J connectivity index is 2.57. The third-order valence-electron chi connectivity index (χ3n) is 2.85. The molecule has 0 N–H and O–H groups in total. The summed E-state index contributed by atoms with van der Waals surface area (Å²) in [6.07, 6.45) is 0. The zero-order valence-corrected chi connectivity index (χ0v) is 10.7. The van der Waals surface area contributed by atoms with E-state index in [1.807, 2.05) is 19.0 Å². The molecule has 0 saturated carbocycles. The van der Waals surface area contributed by atoms with Gasteiger partial charge in [-0.3, -0.25) is 9.59 Å². The van der Waals surface area contributed by atoms with E-state index in [2.05, 4.69) is 0 Å². The molecule has 0 saturated heterocycles. The number of rotatable bonds is 3. The van der Waals surface area contributed by atoms with Crippen LogP contribution in [-0.2, 0) is 4.74 Å². The minimum atomic E-state index is -0.218. The van der Waals surface area contributed by atoms with E-state index in [0.717, 1.165) is 0 Å². The summed E-state index contributed by atoms with van der Waals surface area (Å²) in [5.74, 6) is -0.187. The van der Waals surface area contributed by atoms with Crippen LogP contribution in [0.3, 0.4) is 0 Å². The molecule has 0 unspecified atom stereocenters. The van der Waals surface area contributed by atoms with Gasteiger partial charge in [-0.1, -0.05) is 24.3 Å². The number of likely N-dealkylation sites (N-methyl/N-ethyl adjacent to an activating group) is 1. The van der Waals surface area contributed by atoms with Gasteiger partial charge in [0, 0.05) is 17.7 Å². The number of hydrogen-bond acceptors (Lipinski definition) is 4. The highest BCUT2D eigenvalue weighted by Gasteiger charge is 2.32. The maximum atomic E-state index is 12.4. The van der Waals surface area contributed by atoms with E-state index in [-0.39, 0.29) is 17.3 Å². The van der Waals surface area contributed by atoms with Gasteiger partial charge in [0.05, 0.1) is 12.7 Å². The first-order valence-electron chi connectivity index (χ1n) is 5.66. The summed E-state index contributed by atoms with van der Waals surface area (Å²) in [5, 5.41) is 0. The summed E-state index contributed by atoms with van der Waals surface area (Å²) in [7, 11) is 5.11. The number of nitrogens with zero attached hydrogens (tertiary/aromatic N) is 1. The molecule has 1 aromatic carbocycles. The highest BCUT2D eigenvalue weighted by Crippen LogP contribution is 2.26. The quantitative estimate of drug-likeness (QED) is 0.810. The highest BCUT2D eigenvalue weighted by atomic mass is 16.5. The Morgan fingerprint density at radius 3 is 2.11 bits per heavy atom. The minimum Gasteiger partial charge on any atom is -0.492 e. The fraction of sp³-hybridized carbons (Fsp3) is 0.286. The predicted molar refractivity (Wildman–Crippen MR) is 67.7 cm³/mol. The van der Waals surface area contributed by atoms with Gasteiger partial charge >= 0.3 is 0 Å². The number of Topliss-reactive ketones (excluding diaryl/α,β-unsaturated/α-hetero) is 2. The maximum Gasteiger partial charge on any atom is 0.228 e. The molecule has 4 nitrogen and oxygen atoms in total. The van der Waals surface area contributed by atoms with Gasteiger partial charge in [-0.2, -0.15) is 0 Å². The molecule has 94 valence electrons. The van der Waals surface area contributed by atoms with Gasteiger partial charge in [0.2, 0.25) is 5.78 Å². The van der Waals surface area contributed by atoms with Crippen LogP contribution in [0.15, 0.2) is 35.6 Å². The van der Waals surface area contributed by atoms with E-state index in [0.29, 0.717) is 23.2 Å². The molecule has 1 aromatic rings. The first kappa shape index (κ1) is 12.5. The number of allylic oxidation sites excluding steroid dienone is 1. The van der Waals surface area contributed by atoms with Gasteiger partial charge in [-0.05, 0) is 14.1 Å². The molecule has 0 fully saturated rings. The summed E-state index contributed by atoms with van der Waals surface area (Å²) in [6, 6.07) is 6.84. The van der Waals surface area contributed by atoms with E-state index in [1.165, 1.54) is 7.11 Å². The predicted octanol–water partition coefficient (Wildman–Crippen LogP) is 1.53. The number of benzene rings is 1. The van der Waals surface area contributed by atoms with Crippen molar-refractivity contribution < 1.29 is 14.3 Å². The number of carbonyl (C=O) groups excluding carboxylic acids is 2. The molecule has 4 heteroatoms. The maximum absolute atomic E-state index is 12.4. The monoisotopic (exact) mass is 245 g/mol. The molecular formula is C14H15NO3. The Kier molecular flexibility index (Phi) is 3.30. The standard InChI is InChI=1S/C14H15NO3/c1-15(2)8-11-12(16)9-6-4-5-7-10(9)13(17)14(11)18-3/h4-7H,8H2,1-3H3. The lowest BCUT2D eigenvalue weighted by Gasteiger charge is -2.21. The molecule has 18 heavy (non-hydrogen) atoms. The van der Waals surface area contributed by atoms with Crippen LogP contribution in [0.4, 0.5) is 0 Å². The Labute approximate surface area is 106 Å². The van der Waals surface area contributed by atoms with Gasteiger partial charge in [0.25, 0.3) is 0 Å². The SMILES string of the molecule is COC1=C(CN(C)C)C(=O)c2ccccc2C1=O. The lowest BCUT2D eigenvalue weighted by molar-refractivity contribution is 0.0900. The topological polar surface area (TPSA) is 46.6 Å². The van der Waals surface area contributed by atoms with E-state index in [9.17, 15) is 9.59 Å². The molecule has 0 atom stereocenters. The van der Waals surface area contributed by atoms with Crippen molar-refractivity contribution in [2.24, 2.45) is 0 Å². The molecule has 0 aromatic heterocycles. The molecule has 0 aliphatic heterocycles. The average Bonchev–Trinajstić information content (AvgIpc) is 2.36. The van der Waals surface area contributed by atoms with Crippen molar-refractivity contribution in [1.29, 1.82) is 0 Å². The molecule has 2 rings (SSSR count). The van der Waals surface area contributed by atoms with Crippen molar-refractivity contribution >= 4 is 11.6 Å². The van der Waals surface area contributed by atoms with Crippen LogP contribution in [0, 0.1) is 0 Å². The van der Waals surface area contributed by atoms with Gasteiger partial charge in [-0.25, -0.2) is 0 Å². The van der Waals surface area contributed by atoms with Crippen molar-refractivity contribution in [2.45, 2.75) is 0 Å². The number of methoxy groups -OCH3 is 1. The lowest BCUT2D eigenvalue weighted by atomic mass is 9.88. The number of ketones is 2. The van der Waals surface area contributed by atoms with Crippen LogP contribution in [0.5, 0.6) is 0 Å².